The van der Waals surface area contributed by atoms with Gasteiger partial charge in [-0.15, -0.1) is 0 Å². The summed E-state index contributed by atoms with van der Waals surface area (Å²) in [7, 11) is 0. The van der Waals surface area contributed by atoms with E-state index in [-0.39, 0.29) is 11.9 Å². The van der Waals surface area contributed by atoms with E-state index < -0.39 is 0 Å². The van der Waals surface area contributed by atoms with Crippen LogP contribution in [0.25, 0.3) is 5.65 Å². The normalized spacial score (nSPS) is 16.3. The molecule has 3 aromatic heterocycles. The van der Waals surface area contributed by atoms with E-state index in [9.17, 15) is 4.79 Å². The molecule has 0 bridgehead atoms. The number of carbonyl (C=O) groups is 1. The first-order valence-electron chi connectivity index (χ1n) is 11.3. The molecule has 7 nitrogen and oxygen atoms in total. The highest BCUT2D eigenvalue weighted by atomic mass is 35.5. The minimum absolute atomic E-state index is 0.0303. The number of carbonyl (C=O) groups excluding carboxylic acids is 1. The lowest BCUT2D eigenvalue weighted by atomic mass is 10.1. The van der Waals surface area contributed by atoms with Gasteiger partial charge in [0, 0.05) is 50.8 Å². The fourth-order valence-corrected chi connectivity index (χ4v) is 4.30. The third kappa shape index (κ3) is 5.46. The first kappa shape index (κ1) is 21.8. The SMILES string of the molecule is C[C@H](CCn1cccn1)NCc1c(C(=O)N2CCCCCCC2)nc2ccc(Cl)cn12. The number of pyridine rings is 1. The second-order valence-corrected chi connectivity index (χ2v) is 8.82. The van der Waals surface area contributed by atoms with Gasteiger partial charge < -0.3 is 14.6 Å². The van der Waals surface area contributed by atoms with Crippen LogP contribution in [0.1, 0.15) is 61.6 Å². The lowest BCUT2D eigenvalue weighted by Gasteiger charge is -2.24. The van der Waals surface area contributed by atoms with E-state index in [1.807, 2.05) is 44.6 Å². The smallest absolute Gasteiger partial charge is 0.274 e. The summed E-state index contributed by atoms with van der Waals surface area (Å²) < 4.78 is 3.88. The van der Waals surface area contributed by atoms with Crippen molar-refractivity contribution in [2.45, 2.75) is 64.6 Å². The molecular weight excluding hydrogens is 412 g/mol. The average molecular weight is 443 g/mol. The number of aromatic nitrogens is 4. The van der Waals surface area contributed by atoms with Crippen molar-refractivity contribution >= 4 is 23.2 Å². The summed E-state index contributed by atoms with van der Waals surface area (Å²) in [6, 6.07) is 5.89. The lowest BCUT2D eigenvalue weighted by molar-refractivity contribution is 0.0735. The van der Waals surface area contributed by atoms with Gasteiger partial charge in [0.25, 0.3) is 5.91 Å². The lowest BCUT2D eigenvalue weighted by Crippen LogP contribution is -2.35. The maximum Gasteiger partial charge on any atom is 0.274 e. The minimum Gasteiger partial charge on any atom is -0.337 e. The topological polar surface area (TPSA) is 67.5 Å². The van der Waals surface area contributed by atoms with Gasteiger partial charge in [-0.3, -0.25) is 9.48 Å². The summed E-state index contributed by atoms with van der Waals surface area (Å²) in [5.74, 6) is 0.0303. The molecule has 0 aromatic carbocycles. The van der Waals surface area contributed by atoms with E-state index >= 15 is 0 Å². The van der Waals surface area contributed by atoms with Crippen molar-refractivity contribution in [1.29, 1.82) is 0 Å². The van der Waals surface area contributed by atoms with Crippen molar-refractivity contribution in [3.63, 3.8) is 0 Å². The van der Waals surface area contributed by atoms with Crippen LogP contribution in [-0.2, 0) is 13.1 Å². The molecule has 1 atom stereocenters. The van der Waals surface area contributed by atoms with Gasteiger partial charge in [0.15, 0.2) is 5.69 Å². The predicted octanol–water partition coefficient (Wildman–Crippen LogP) is 4.16. The Bertz CT molecular complexity index is 991. The van der Waals surface area contributed by atoms with Crippen LogP contribution < -0.4 is 5.32 Å². The van der Waals surface area contributed by atoms with Crippen molar-refractivity contribution in [3.8, 4) is 0 Å². The highest BCUT2D eigenvalue weighted by Gasteiger charge is 2.24. The summed E-state index contributed by atoms with van der Waals surface area (Å²) in [6.07, 6.45) is 12.3. The third-order valence-corrected chi connectivity index (χ3v) is 6.22. The van der Waals surface area contributed by atoms with Gasteiger partial charge in [0.1, 0.15) is 5.65 Å². The Morgan fingerprint density at radius 2 is 1.97 bits per heavy atom. The van der Waals surface area contributed by atoms with E-state index in [0.717, 1.165) is 50.2 Å². The Morgan fingerprint density at radius 1 is 1.19 bits per heavy atom. The van der Waals surface area contributed by atoms with Crippen LogP contribution in [0, 0.1) is 0 Å². The Balaban J connectivity index is 1.52. The molecule has 0 saturated carbocycles. The summed E-state index contributed by atoms with van der Waals surface area (Å²) >= 11 is 6.26. The monoisotopic (exact) mass is 442 g/mol. The number of halogens is 1. The molecule has 4 rings (SSSR count). The Morgan fingerprint density at radius 3 is 2.71 bits per heavy atom. The number of fused-ring (bicyclic) bond motifs is 1. The van der Waals surface area contributed by atoms with Gasteiger partial charge in [-0.1, -0.05) is 30.9 Å². The third-order valence-electron chi connectivity index (χ3n) is 6.00. The minimum atomic E-state index is 0.0303. The van der Waals surface area contributed by atoms with Crippen molar-refractivity contribution in [2.24, 2.45) is 0 Å². The van der Waals surface area contributed by atoms with Gasteiger partial charge in [-0.25, -0.2) is 4.98 Å². The maximum absolute atomic E-state index is 13.4. The largest absolute Gasteiger partial charge is 0.337 e. The molecule has 0 aliphatic carbocycles. The van der Waals surface area contributed by atoms with Crippen molar-refractivity contribution in [3.05, 3.63) is 53.2 Å². The molecule has 1 fully saturated rings. The van der Waals surface area contributed by atoms with Crippen molar-refractivity contribution in [1.82, 2.24) is 29.4 Å². The zero-order valence-electron chi connectivity index (χ0n) is 18.1. The van der Waals surface area contributed by atoms with Gasteiger partial charge >= 0.3 is 0 Å². The number of imidazole rings is 1. The number of rotatable bonds is 7. The van der Waals surface area contributed by atoms with Crippen LogP contribution in [0.3, 0.4) is 0 Å². The Kier molecular flexibility index (Phi) is 7.25. The summed E-state index contributed by atoms with van der Waals surface area (Å²) in [5, 5.41) is 8.45. The van der Waals surface area contributed by atoms with Crippen LogP contribution in [0.2, 0.25) is 5.02 Å². The van der Waals surface area contributed by atoms with Crippen LogP contribution in [-0.4, -0.2) is 49.1 Å². The Labute approximate surface area is 188 Å². The molecule has 1 amide bonds. The molecular formula is C23H31ClN6O. The highest BCUT2D eigenvalue weighted by molar-refractivity contribution is 6.30. The van der Waals surface area contributed by atoms with Gasteiger partial charge in [-0.2, -0.15) is 5.10 Å². The molecule has 3 aromatic rings. The van der Waals surface area contributed by atoms with E-state index in [4.69, 9.17) is 16.6 Å². The first-order chi connectivity index (χ1) is 15.1. The Hall–Kier alpha value is -2.38. The number of likely N-dealkylation sites (tertiary alicyclic amines) is 1. The summed E-state index contributed by atoms with van der Waals surface area (Å²) in [6.45, 7) is 5.16. The summed E-state index contributed by atoms with van der Waals surface area (Å²) in [5.41, 5.74) is 2.16. The van der Waals surface area contributed by atoms with Gasteiger partial charge in [-0.05, 0) is 44.4 Å². The highest BCUT2D eigenvalue weighted by Crippen LogP contribution is 2.20. The number of hydrogen-bond donors (Lipinski definition) is 1. The quantitative estimate of drug-likeness (QED) is 0.596. The molecule has 166 valence electrons. The molecule has 0 radical (unpaired) electrons. The number of hydrogen-bond acceptors (Lipinski definition) is 4. The molecule has 0 unspecified atom stereocenters. The molecule has 0 spiro atoms. The first-order valence-corrected chi connectivity index (χ1v) is 11.7. The predicted molar refractivity (Wildman–Crippen MR) is 122 cm³/mol. The van der Waals surface area contributed by atoms with Crippen LogP contribution in [0.5, 0.6) is 0 Å². The number of aryl methyl sites for hydroxylation is 1. The zero-order valence-corrected chi connectivity index (χ0v) is 18.9. The van der Waals surface area contributed by atoms with E-state index in [1.165, 1.54) is 19.3 Å². The maximum atomic E-state index is 13.4. The second kappa shape index (κ2) is 10.3. The molecule has 1 saturated heterocycles. The van der Waals surface area contributed by atoms with E-state index in [2.05, 4.69) is 17.3 Å². The van der Waals surface area contributed by atoms with Crippen molar-refractivity contribution < 1.29 is 4.79 Å². The standard InChI is InChI=1S/C23H31ClN6O/c1-18(10-15-29-14-7-11-26-29)25-16-20-22(27-21-9-8-19(24)17-30(20)21)23(31)28-12-5-3-2-4-6-13-28/h7-9,11,14,17-18,25H,2-6,10,12-13,15-16H2,1H3/t18-/m1/s1. The van der Waals surface area contributed by atoms with Crippen LogP contribution in [0.15, 0.2) is 36.8 Å². The number of amides is 1. The van der Waals surface area contributed by atoms with E-state index in [0.29, 0.717) is 17.3 Å². The fourth-order valence-electron chi connectivity index (χ4n) is 4.14. The fraction of sp³-hybridized carbons (Fsp3) is 0.522. The zero-order chi connectivity index (χ0) is 21.6. The van der Waals surface area contributed by atoms with Crippen LogP contribution in [0.4, 0.5) is 0 Å². The molecule has 31 heavy (non-hydrogen) atoms. The molecule has 1 aliphatic rings. The van der Waals surface area contributed by atoms with Crippen LogP contribution >= 0.6 is 11.6 Å². The molecule has 4 heterocycles. The second-order valence-electron chi connectivity index (χ2n) is 8.38. The summed E-state index contributed by atoms with van der Waals surface area (Å²) in [4.78, 5) is 20.1. The van der Waals surface area contributed by atoms with Gasteiger partial charge in [0.2, 0.25) is 0 Å². The molecule has 1 N–H and O–H groups in total. The van der Waals surface area contributed by atoms with E-state index in [1.54, 1.807) is 6.20 Å². The number of nitrogens with one attached hydrogen (secondary N) is 1. The number of nitrogens with zero attached hydrogens (tertiary/aromatic N) is 5. The molecule has 8 heteroatoms. The molecule has 1 aliphatic heterocycles. The van der Waals surface area contributed by atoms with Crippen molar-refractivity contribution in [2.75, 3.05) is 13.1 Å². The van der Waals surface area contributed by atoms with Gasteiger partial charge in [0.05, 0.1) is 10.7 Å². The average Bonchev–Trinajstić information content (AvgIpc) is 3.37.